The van der Waals surface area contributed by atoms with Crippen LogP contribution in [0.25, 0.3) is 0 Å². The van der Waals surface area contributed by atoms with Crippen molar-refractivity contribution in [3.63, 3.8) is 0 Å². The summed E-state index contributed by atoms with van der Waals surface area (Å²) >= 11 is 2.01. The van der Waals surface area contributed by atoms with Crippen LogP contribution in [0.4, 0.5) is 0 Å². The Bertz CT molecular complexity index is 402. The third-order valence-electron chi connectivity index (χ3n) is 3.72. The molecule has 0 aliphatic carbocycles. The molecule has 18 heavy (non-hydrogen) atoms. The summed E-state index contributed by atoms with van der Waals surface area (Å²) in [5.74, 6) is 1.15. The van der Waals surface area contributed by atoms with E-state index in [0.717, 1.165) is 24.4 Å². The van der Waals surface area contributed by atoms with Crippen LogP contribution in [0.3, 0.4) is 0 Å². The van der Waals surface area contributed by atoms with E-state index in [9.17, 15) is 10.0 Å². The Morgan fingerprint density at radius 1 is 1.33 bits per heavy atom. The van der Waals surface area contributed by atoms with Crippen molar-refractivity contribution in [3.8, 4) is 0 Å². The largest absolute Gasteiger partial charge is 0.488 e. The molecular formula is C13H20BNO2S. The molecule has 2 atom stereocenters. The molecule has 2 rings (SSSR count). The van der Waals surface area contributed by atoms with Crippen molar-refractivity contribution in [1.82, 2.24) is 4.90 Å². The summed E-state index contributed by atoms with van der Waals surface area (Å²) in [6.45, 7) is 6.36. The van der Waals surface area contributed by atoms with Crippen LogP contribution in [0.15, 0.2) is 24.3 Å². The maximum absolute atomic E-state index is 9.38. The van der Waals surface area contributed by atoms with E-state index in [1.54, 1.807) is 6.07 Å². The monoisotopic (exact) mass is 265 g/mol. The van der Waals surface area contributed by atoms with Gasteiger partial charge in [-0.15, -0.1) is 0 Å². The van der Waals surface area contributed by atoms with Gasteiger partial charge >= 0.3 is 7.12 Å². The first kappa shape index (κ1) is 13.9. The minimum absolute atomic E-state index is 0.521. The summed E-state index contributed by atoms with van der Waals surface area (Å²) in [5, 5.41) is 19.4. The van der Waals surface area contributed by atoms with Gasteiger partial charge in [0.05, 0.1) is 0 Å². The average Bonchev–Trinajstić information content (AvgIpc) is 2.35. The van der Waals surface area contributed by atoms with Gasteiger partial charge in [0, 0.05) is 30.1 Å². The van der Waals surface area contributed by atoms with Crippen molar-refractivity contribution in [1.29, 1.82) is 0 Å². The Morgan fingerprint density at radius 3 is 2.78 bits per heavy atom. The van der Waals surface area contributed by atoms with Gasteiger partial charge in [-0.25, -0.2) is 0 Å². The van der Waals surface area contributed by atoms with Gasteiger partial charge in [0.15, 0.2) is 0 Å². The van der Waals surface area contributed by atoms with Crippen molar-refractivity contribution in [2.24, 2.45) is 0 Å². The molecule has 3 nitrogen and oxygen atoms in total. The summed E-state index contributed by atoms with van der Waals surface area (Å²) in [6, 6.07) is 8.08. The first-order valence-corrected chi connectivity index (χ1v) is 7.44. The smallest absolute Gasteiger partial charge is 0.423 e. The van der Waals surface area contributed by atoms with Crippen LogP contribution in [0, 0.1) is 0 Å². The van der Waals surface area contributed by atoms with E-state index in [0.29, 0.717) is 16.8 Å². The molecule has 1 heterocycles. The van der Waals surface area contributed by atoms with E-state index >= 15 is 0 Å². The van der Waals surface area contributed by atoms with Gasteiger partial charge in [0.25, 0.3) is 0 Å². The Hall–Kier alpha value is -0.485. The lowest BCUT2D eigenvalue weighted by Crippen LogP contribution is -2.45. The third-order valence-corrected chi connectivity index (χ3v) is 5.06. The number of hydrogen-bond acceptors (Lipinski definition) is 4. The van der Waals surface area contributed by atoms with Crippen molar-refractivity contribution < 1.29 is 10.0 Å². The number of benzene rings is 1. The summed E-state index contributed by atoms with van der Waals surface area (Å²) in [7, 11) is -1.38. The molecule has 1 aliphatic rings. The van der Waals surface area contributed by atoms with Gasteiger partial charge in [0.2, 0.25) is 0 Å². The highest BCUT2D eigenvalue weighted by Gasteiger charge is 2.26. The molecule has 1 fully saturated rings. The molecule has 0 spiro atoms. The first-order chi connectivity index (χ1) is 8.59. The summed E-state index contributed by atoms with van der Waals surface area (Å²) in [6.07, 6.45) is 0. The number of thioether (sulfide) groups is 1. The average molecular weight is 265 g/mol. The second-order valence-corrected chi connectivity index (χ2v) is 6.34. The Labute approximate surface area is 113 Å². The fourth-order valence-corrected chi connectivity index (χ4v) is 3.53. The molecule has 2 N–H and O–H groups in total. The molecule has 0 bridgehead atoms. The van der Waals surface area contributed by atoms with Gasteiger partial charge < -0.3 is 10.0 Å². The highest BCUT2D eigenvalue weighted by atomic mass is 32.2. The fraction of sp³-hybridized carbons (Fsp3) is 0.538. The van der Waals surface area contributed by atoms with E-state index in [1.807, 2.05) is 30.0 Å². The summed E-state index contributed by atoms with van der Waals surface area (Å²) in [4.78, 5) is 2.42. The van der Waals surface area contributed by atoms with Crippen LogP contribution >= 0.6 is 11.8 Å². The molecule has 0 amide bonds. The molecule has 0 aromatic heterocycles. The Kier molecular flexibility index (Phi) is 4.73. The van der Waals surface area contributed by atoms with E-state index in [1.165, 1.54) is 0 Å². The SMILES string of the molecule is CC1SCCN(Cc2ccccc2B(O)O)C1C. The van der Waals surface area contributed by atoms with Crippen molar-refractivity contribution >= 4 is 24.3 Å². The zero-order valence-corrected chi connectivity index (χ0v) is 11.7. The quantitative estimate of drug-likeness (QED) is 0.789. The minimum atomic E-state index is -1.38. The topological polar surface area (TPSA) is 43.7 Å². The number of hydrogen-bond donors (Lipinski definition) is 2. The van der Waals surface area contributed by atoms with Gasteiger partial charge in [-0.1, -0.05) is 31.2 Å². The summed E-state index contributed by atoms with van der Waals surface area (Å²) in [5.41, 5.74) is 1.63. The van der Waals surface area contributed by atoms with Crippen LogP contribution in [-0.2, 0) is 6.54 Å². The second-order valence-electron chi connectivity index (χ2n) is 4.86. The van der Waals surface area contributed by atoms with Gasteiger partial charge in [-0.05, 0) is 17.9 Å². The molecule has 2 unspecified atom stereocenters. The molecular weight excluding hydrogens is 245 g/mol. The molecule has 1 aromatic rings. The van der Waals surface area contributed by atoms with Crippen LogP contribution < -0.4 is 5.46 Å². The van der Waals surface area contributed by atoms with Crippen molar-refractivity contribution in [2.75, 3.05) is 12.3 Å². The van der Waals surface area contributed by atoms with Gasteiger partial charge in [-0.2, -0.15) is 11.8 Å². The van der Waals surface area contributed by atoms with Crippen LogP contribution in [-0.4, -0.2) is 45.7 Å². The van der Waals surface area contributed by atoms with Gasteiger partial charge in [-0.3, -0.25) is 4.90 Å². The van der Waals surface area contributed by atoms with Crippen LogP contribution in [0.2, 0.25) is 0 Å². The molecule has 0 radical (unpaired) electrons. The lowest BCUT2D eigenvalue weighted by atomic mass is 9.77. The van der Waals surface area contributed by atoms with Crippen LogP contribution in [0.1, 0.15) is 19.4 Å². The third kappa shape index (κ3) is 3.09. The molecule has 1 aliphatic heterocycles. The van der Waals surface area contributed by atoms with E-state index in [-0.39, 0.29) is 0 Å². The molecule has 98 valence electrons. The summed E-state index contributed by atoms with van der Waals surface area (Å²) < 4.78 is 0. The predicted molar refractivity (Wildman–Crippen MR) is 78.1 cm³/mol. The molecule has 1 aromatic carbocycles. The molecule has 1 saturated heterocycles. The standard InChI is InChI=1S/C13H20BNO2S/c1-10-11(2)18-8-7-15(10)9-12-5-3-4-6-13(12)14(16)17/h3-6,10-11,16-17H,7-9H2,1-2H3. The lowest BCUT2D eigenvalue weighted by molar-refractivity contribution is 0.205. The maximum atomic E-state index is 9.38. The van der Waals surface area contributed by atoms with E-state index in [2.05, 4.69) is 18.7 Å². The van der Waals surface area contributed by atoms with Crippen LogP contribution in [0.5, 0.6) is 0 Å². The maximum Gasteiger partial charge on any atom is 0.488 e. The minimum Gasteiger partial charge on any atom is -0.423 e. The lowest BCUT2D eigenvalue weighted by Gasteiger charge is -2.37. The number of rotatable bonds is 3. The normalized spacial score (nSPS) is 25.1. The first-order valence-electron chi connectivity index (χ1n) is 6.39. The van der Waals surface area contributed by atoms with Crippen molar-refractivity contribution in [3.05, 3.63) is 29.8 Å². The predicted octanol–water partition coefficient (Wildman–Crippen LogP) is 0.692. The molecule has 0 saturated carbocycles. The number of nitrogens with zero attached hydrogens (tertiary/aromatic N) is 1. The van der Waals surface area contributed by atoms with E-state index < -0.39 is 7.12 Å². The zero-order valence-electron chi connectivity index (χ0n) is 10.9. The second kappa shape index (κ2) is 6.11. The Balaban J connectivity index is 2.13. The van der Waals surface area contributed by atoms with E-state index in [4.69, 9.17) is 0 Å². The highest BCUT2D eigenvalue weighted by Crippen LogP contribution is 2.25. The fourth-order valence-electron chi connectivity index (χ4n) is 2.37. The Morgan fingerprint density at radius 2 is 2.06 bits per heavy atom. The zero-order chi connectivity index (χ0) is 13.1. The van der Waals surface area contributed by atoms with Gasteiger partial charge in [0.1, 0.15) is 0 Å². The molecule has 5 heteroatoms. The van der Waals surface area contributed by atoms with Crippen molar-refractivity contribution in [2.45, 2.75) is 31.7 Å². The highest BCUT2D eigenvalue weighted by molar-refractivity contribution is 8.00.